The minimum Gasteiger partial charge on any atom is -0.300 e. The molecule has 0 spiro atoms. The molecule has 1 fully saturated rings. The van der Waals surface area contributed by atoms with Gasteiger partial charge in [-0.1, -0.05) is 42.0 Å². The van der Waals surface area contributed by atoms with E-state index < -0.39 is 6.04 Å². The Morgan fingerprint density at radius 1 is 0.893 bits per heavy atom. The molecule has 1 aromatic heterocycles. The highest BCUT2D eigenvalue weighted by atomic mass is 32.1. The van der Waals surface area contributed by atoms with Crippen molar-refractivity contribution in [2.24, 2.45) is 0 Å². The summed E-state index contributed by atoms with van der Waals surface area (Å²) in [6.45, 7) is 6.01. The monoisotopic (exact) mass is 390 g/mol. The first-order valence-corrected chi connectivity index (χ1v) is 10.1. The van der Waals surface area contributed by atoms with Gasteiger partial charge in [0.1, 0.15) is 6.54 Å². The van der Waals surface area contributed by atoms with Crippen LogP contribution in [0.15, 0.2) is 60.0 Å². The summed E-state index contributed by atoms with van der Waals surface area (Å²) in [5, 5.41) is 1.94. The number of benzene rings is 2. The Kier molecular flexibility index (Phi) is 4.77. The van der Waals surface area contributed by atoms with Crippen molar-refractivity contribution in [2.45, 2.75) is 26.8 Å². The maximum atomic E-state index is 13.7. The summed E-state index contributed by atoms with van der Waals surface area (Å²) in [5.74, 6) is -0.149. The van der Waals surface area contributed by atoms with Crippen molar-refractivity contribution < 1.29 is 9.59 Å². The highest BCUT2D eigenvalue weighted by Crippen LogP contribution is 2.38. The van der Waals surface area contributed by atoms with Crippen molar-refractivity contribution in [2.75, 3.05) is 16.3 Å². The molecule has 3 aromatic rings. The van der Waals surface area contributed by atoms with Crippen molar-refractivity contribution in [3.05, 3.63) is 81.5 Å². The van der Waals surface area contributed by atoms with E-state index >= 15 is 0 Å². The van der Waals surface area contributed by atoms with Gasteiger partial charge in [-0.05, 0) is 55.5 Å². The molecule has 0 aliphatic carbocycles. The fraction of sp³-hybridized carbons (Fsp3) is 0.217. The second-order valence-electron chi connectivity index (χ2n) is 7.18. The lowest BCUT2D eigenvalue weighted by atomic mass is 10.0. The van der Waals surface area contributed by atoms with Crippen LogP contribution in [-0.4, -0.2) is 18.4 Å². The van der Waals surface area contributed by atoms with Crippen LogP contribution in [-0.2, 0) is 9.59 Å². The number of aryl methyl sites for hydroxylation is 3. The van der Waals surface area contributed by atoms with E-state index in [1.165, 1.54) is 11.3 Å². The Bertz CT molecular complexity index is 1010. The second-order valence-corrected chi connectivity index (χ2v) is 8.16. The van der Waals surface area contributed by atoms with Crippen molar-refractivity contribution in [1.29, 1.82) is 0 Å². The van der Waals surface area contributed by atoms with E-state index in [0.717, 1.165) is 32.9 Å². The van der Waals surface area contributed by atoms with Gasteiger partial charge >= 0.3 is 0 Å². The quantitative estimate of drug-likeness (QED) is 0.645. The maximum absolute atomic E-state index is 13.7. The van der Waals surface area contributed by atoms with Crippen molar-refractivity contribution in [3.63, 3.8) is 0 Å². The molecule has 0 bridgehead atoms. The van der Waals surface area contributed by atoms with E-state index in [1.54, 1.807) is 9.80 Å². The molecule has 1 atom stereocenters. The lowest BCUT2D eigenvalue weighted by Gasteiger charge is -2.40. The lowest BCUT2D eigenvalue weighted by molar-refractivity contribution is -0.128. The molecule has 0 saturated carbocycles. The fourth-order valence-corrected chi connectivity index (χ4v) is 4.61. The molecule has 1 aliphatic heterocycles. The average molecular weight is 391 g/mol. The number of carbonyl (C=O) groups is 2. The van der Waals surface area contributed by atoms with Gasteiger partial charge in [0.25, 0.3) is 5.91 Å². The highest BCUT2D eigenvalue weighted by molar-refractivity contribution is 7.10. The predicted octanol–water partition coefficient (Wildman–Crippen LogP) is 4.79. The molecule has 28 heavy (non-hydrogen) atoms. The molecular weight excluding hydrogens is 368 g/mol. The normalized spacial score (nSPS) is 17.3. The Hall–Kier alpha value is -2.92. The van der Waals surface area contributed by atoms with Crippen molar-refractivity contribution in [1.82, 2.24) is 0 Å². The highest BCUT2D eigenvalue weighted by Gasteiger charge is 2.43. The Labute approximate surface area is 169 Å². The zero-order valence-electron chi connectivity index (χ0n) is 16.2. The summed E-state index contributed by atoms with van der Waals surface area (Å²) in [5.41, 5.74) is 4.70. The third-order valence-electron chi connectivity index (χ3n) is 5.15. The number of hydrogen-bond acceptors (Lipinski definition) is 3. The van der Waals surface area contributed by atoms with E-state index in [0.29, 0.717) is 0 Å². The predicted molar refractivity (Wildman–Crippen MR) is 114 cm³/mol. The minimum absolute atomic E-state index is 0.0419. The molecule has 2 aromatic carbocycles. The number of hydrogen-bond donors (Lipinski definition) is 0. The third kappa shape index (κ3) is 3.12. The van der Waals surface area contributed by atoms with E-state index in [-0.39, 0.29) is 18.4 Å². The van der Waals surface area contributed by atoms with E-state index in [1.807, 2.05) is 80.7 Å². The van der Waals surface area contributed by atoms with Gasteiger partial charge in [-0.3, -0.25) is 14.5 Å². The number of nitrogens with zero attached hydrogens (tertiary/aromatic N) is 2. The van der Waals surface area contributed by atoms with Crippen LogP contribution in [0.2, 0.25) is 0 Å². The van der Waals surface area contributed by atoms with Gasteiger partial charge in [-0.15, -0.1) is 11.3 Å². The summed E-state index contributed by atoms with van der Waals surface area (Å²) >= 11 is 1.50. The number of rotatable bonds is 3. The molecule has 5 heteroatoms. The standard InChI is InChI=1S/C23H22N2O2S/c1-15-9-11-18(12-10-15)25-20(26)14-24(21-16(2)6-4-7-17(21)3)23(27)22(25)19-8-5-13-28-19/h4-13,22H,14H2,1-3H3. The summed E-state index contributed by atoms with van der Waals surface area (Å²) < 4.78 is 0. The number of amides is 2. The van der Waals surface area contributed by atoms with Crippen LogP contribution in [0.5, 0.6) is 0 Å². The molecular formula is C23H22N2O2S. The molecule has 0 N–H and O–H groups in total. The molecule has 0 radical (unpaired) electrons. The van der Waals surface area contributed by atoms with E-state index in [2.05, 4.69) is 0 Å². The second kappa shape index (κ2) is 7.24. The van der Waals surface area contributed by atoms with Crippen LogP contribution in [0.4, 0.5) is 11.4 Å². The Balaban J connectivity index is 1.83. The number of anilines is 2. The molecule has 142 valence electrons. The number of piperazine rings is 1. The first kappa shape index (κ1) is 18.4. The van der Waals surface area contributed by atoms with Crippen molar-refractivity contribution in [3.8, 4) is 0 Å². The largest absolute Gasteiger partial charge is 0.300 e. The zero-order valence-corrected chi connectivity index (χ0v) is 17.0. The van der Waals surface area contributed by atoms with Gasteiger partial charge in [0.15, 0.2) is 6.04 Å². The van der Waals surface area contributed by atoms with Crippen LogP contribution < -0.4 is 9.80 Å². The summed E-state index contributed by atoms with van der Waals surface area (Å²) in [6, 6.07) is 16.9. The number of thiophene rings is 1. The van der Waals surface area contributed by atoms with Crippen LogP contribution in [0.1, 0.15) is 27.6 Å². The molecule has 1 aliphatic rings. The zero-order chi connectivity index (χ0) is 19.8. The molecule has 1 unspecified atom stereocenters. The van der Waals surface area contributed by atoms with E-state index in [9.17, 15) is 9.59 Å². The molecule has 1 saturated heterocycles. The number of para-hydroxylation sites is 1. The average Bonchev–Trinajstić information content (AvgIpc) is 3.19. The van der Waals surface area contributed by atoms with Crippen LogP contribution in [0.25, 0.3) is 0 Å². The van der Waals surface area contributed by atoms with Crippen LogP contribution in [0, 0.1) is 20.8 Å². The lowest BCUT2D eigenvalue weighted by Crippen LogP contribution is -2.56. The first-order valence-electron chi connectivity index (χ1n) is 9.27. The summed E-state index contributed by atoms with van der Waals surface area (Å²) in [4.78, 5) is 31.1. The third-order valence-corrected chi connectivity index (χ3v) is 6.08. The SMILES string of the molecule is Cc1ccc(N2C(=O)CN(c3c(C)cccc3C)C(=O)C2c2cccs2)cc1. The topological polar surface area (TPSA) is 40.6 Å². The fourth-order valence-electron chi connectivity index (χ4n) is 3.81. The van der Waals surface area contributed by atoms with Gasteiger partial charge in [-0.25, -0.2) is 0 Å². The van der Waals surface area contributed by atoms with Crippen LogP contribution in [0.3, 0.4) is 0 Å². The first-order chi connectivity index (χ1) is 13.5. The summed E-state index contributed by atoms with van der Waals surface area (Å²) in [7, 11) is 0. The minimum atomic E-state index is -0.650. The van der Waals surface area contributed by atoms with Crippen molar-refractivity contribution >= 4 is 34.5 Å². The maximum Gasteiger partial charge on any atom is 0.256 e. The Morgan fingerprint density at radius 3 is 2.18 bits per heavy atom. The molecule has 4 rings (SSSR count). The van der Waals surface area contributed by atoms with E-state index in [4.69, 9.17) is 0 Å². The van der Waals surface area contributed by atoms with Gasteiger partial charge in [0, 0.05) is 10.6 Å². The molecule has 2 amide bonds. The smallest absolute Gasteiger partial charge is 0.256 e. The van der Waals surface area contributed by atoms with Gasteiger partial charge < -0.3 is 4.90 Å². The van der Waals surface area contributed by atoms with Gasteiger partial charge in [-0.2, -0.15) is 0 Å². The van der Waals surface area contributed by atoms with Gasteiger partial charge in [0.05, 0.1) is 5.69 Å². The number of carbonyl (C=O) groups excluding carboxylic acids is 2. The summed E-state index contributed by atoms with van der Waals surface area (Å²) in [6.07, 6.45) is 0. The van der Waals surface area contributed by atoms with Gasteiger partial charge in [0.2, 0.25) is 5.91 Å². The molecule has 2 heterocycles. The van der Waals surface area contributed by atoms with Crippen LogP contribution >= 0.6 is 11.3 Å². The Morgan fingerprint density at radius 2 is 1.57 bits per heavy atom. The molecule has 4 nitrogen and oxygen atoms in total.